The van der Waals surface area contributed by atoms with E-state index in [1.165, 1.54) is 45.3 Å². The van der Waals surface area contributed by atoms with Gasteiger partial charge in [-0.3, -0.25) is 4.90 Å². The molecule has 0 radical (unpaired) electrons. The zero-order valence-corrected chi connectivity index (χ0v) is 11.0. The fourth-order valence-electron chi connectivity index (χ4n) is 2.48. The molecule has 0 aromatic rings. The van der Waals surface area contributed by atoms with Crippen LogP contribution in [-0.2, 0) is 0 Å². The van der Waals surface area contributed by atoms with Crippen LogP contribution >= 0.6 is 0 Å². The summed E-state index contributed by atoms with van der Waals surface area (Å²) in [5.74, 6) is 0.971. The Morgan fingerprint density at radius 2 is 2.06 bits per heavy atom. The molecule has 0 aromatic carbocycles. The van der Waals surface area contributed by atoms with Gasteiger partial charge in [0.2, 0.25) is 0 Å². The van der Waals surface area contributed by atoms with Gasteiger partial charge in [0.15, 0.2) is 0 Å². The minimum absolute atomic E-state index is 0.644. The fraction of sp³-hybridized carbons (Fsp3) is 0.857. The van der Waals surface area contributed by atoms with Crippen molar-refractivity contribution in [2.75, 3.05) is 26.2 Å². The molecule has 0 bridgehead atoms. The first-order chi connectivity index (χ1) is 7.74. The molecule has 2 heteroatoms. The summed E-state index contributed by atoms with van der Waals surface area (Å²) in [6.45, 7) is 13.1. The largest absolute Gasteiger partial charge is 0.317 e. The zero-order valence-electron chi connectivity index (χ0n) is 11.0. The molecule has 1 heterocycles. The molecule has 2 nitrogen and oxygen atoms in total. The average molecular weight is 224 g/mol. The molecule has 1 aliphatic heterocycles. The third-order valence-corrected chi connectivity index (χ3v) is 3.61. The first-order valence-corrected chi connectivity index (χ1v) is 6.79. The van der Waals surface area contributed by atoms with Crippen LogP contribution in [0.15, 0.2) is 12.7 Å². The maximum atomic E-state index is 3.83. The van der Waals surface area contributed by atoms with Gasteiger partial charge >= 0.3 is 0 Å². The molecule has 0 saturated carbocycles. The summed E-state index contributed by atoms with van der Waals surface area (Å²) in [7, 11) is 0. The molecule has 1 saturated heterocycles. The summed E-state index contributed by atoms with van der Waals surface area (Å²) in [5.41, 5.74) is 0. The molecule has 0 unspecified atom stereocenters. The summed E-state index contributed by atoms with van der Waals surface area (Å²) in [6.07, 6.45) is 7.52. The van der Waals surface area contributed by atoms with Crippen LogP contribution in [0.1, 0.15) is 39.5 Å². The van der Waals surface area contributed by atoms with E-state index < -0.39 is 0 Å². The minimum Gasteiger partial charge on any atom is -0.317 e. The second-order valence-corrected chi connectivity index (χ2v) is 5.21. The van der Waals surface area contributed by atoms with E-state index in [1.807, 2.05) is 6.08 Å². The number of hydrogen-bond acceptors (Lipinski definition) is 2. The van der Waals surface area contributed by atoms with Gasteiger partial charge in [-0.05, 0) is 65.1 Å². The summed E-state index contributed by atoms with van der Waals surface area (Å²) in [6, 6.07) is 0.644. The van der Waals surface area contributed by atoms with E-state index in [-0.39, 0.29) is 0 Å². The third-order valence-electron chi connectivity index (χ3n) is 3.61. The topological polar surface area (TPSA) is 15.3 Å². The molecule has 1 rings (SSSR count). The smallest absolute Gasteiger partial charge is 0.0163 e. The highest BCUT2D eigenvalue weighted by Gasteiger charge is 2.13. The second kappa shape index (κ2) is 7.86. The van der Waals surface area contributed by atoms with Gasteiger partial charge in [-0.15, -0.1) is 6.58 Å². The predicted molar refractivity (Wildman–Crippen MR) is 71.7 cm³/mol. The highest BCUT2D eigenvalue weighted by Crippen LogP contribution is 2.18. The fourth-order valence-corrected chi connectivity index (χ4v) is 2.48. The summed E-state index contributed by atoms with van der Waals surface area (Å²) < 4.78 is 0. The first-order valence-electron chi connectivity index (χ1n) is 6.79. The van der Waals surface area contributed by atoms with Crippen molar-refractivity contribution in [3.8, 4) is 0 Å². The normalized spacial score (nSPS) is 18.2. The van der Waals surface area contributed by atoms with E-state index in [4.69, 9.17) is 0 Å². The standard InChI is InChI=1S/C14H28N2/c1-4-11-16(13(2)3)12-5-6-14-7-9-15-10-8-14/h4,13-15H,1,5-12H2,2-3H3. The molecule has 0 amide bonds. The molecule has 0 atom stereocenters. The zero-order chi connectivity index (χ0) is 11.8. The molecule has 94 valence electrons. The molecule has 1 fully saturated rings. The number of nitrogens with one attached hydrogen (secondary N) is 1. The van der Waals surface area contributed by atoms with E-state index in [9.17, 15) is 0 Å². The molecule has 0 aliphatic carbocycles. The van der Waals surface area contributed by atoms with Crippen molar-refractivity contribution in [2.45, 2.75) is 45.6 Å². The quantitative estimate of drug-likeness (QED) is 0.669. The van der Waals surface area contributed by atoms with Crippen LogP contribution in [0.25, 0.3) is 0 Å². The lowest BCUT2D eigenvalue weighted by Gasteiger charge is -2.27. The Kier molecular flexibility index (Phi) is 6.74. The number of hydrogen-bond donors (Lipinski definition) is 1. The van der Waals surface area contributed by atoms with E-state index in [2.05, 4.69) is 30.6 Å². The van der Waals surface area contributed by atoms with Crippen LogP contribution < -0.4 is 5.32 Å². The maximum absolute atomic E-state index is 3.83. The van der Waals surface area contributed by atoms with Crippen LogP contribution in [0.2, 0.25) is 0 Å². The van der Waals surface area contributed by atoms with Crippen molar-refractivity contribution < 1.29 is 0 Å². The molecular formula is C14H28N2. The average Bonchev–Trinajstić information content (AvgIpc) is 2.29. The second-order valence-electron chi connectivity index (χ2n) is 5.21. The van der Waals surface area contributed by atoms with Gasteiger partial charge in [0.1, 0.15) is 0 Å². The Morgan fingerprint density at radius 1 is 1.38 bits per heavy atom. The van der Waals surface area contributed by atoms with Crippen molar-refractivity contribution in [2.24, 2.45) is 5.92 Å². The van der Waals surface area contributed by atoms with Crippen LogP contribution in [0.4, 0.5) is 0 Å². The van der Waals surface area contributed by atoms with Gasteiger partial charge in [-0.2, -0.15) is 0 Å². The maximum Gasteiger partial charge on any atom is 0.0163 e. The molecule has 0 spiro atoms. The summed E-state index contributed by atoms with van der Waals surface area (Å²) in [4.78, 5) is 2.51. The van der Waals surface area contributed by atoms with Gasteiger partial charge < -0.3 is 5.32 Å². The van der Waals surface area contributed by atoms with Gasteiger partial charge in [0.05, 0.1) is 0 Å². The first kappa shape index (κ1) is 13.7. The van der Waals surface area contributed by atoms with Crippen molar-refractivity contribution in [1.29, 1.82) is 0 Å². The Balaban J connectivity index is 2.13. The van der Waals surface area contributed by atoms with Gasteiger partial charge in [0.25, 0.3) is 0 Å². The monoisotopic (exact) mass is 224 g/mol. The Morgan fingerprint density at radius 3 is 2.62 bits per heavy atom. The van der Waals surface area contributed by atoms with E-state index in [1.54, 1.807) is 0 Å². The Bertz CT molecular complexity index is 183. The molecule has 16 heavy (non-hydrogen) atoms. The number of rotatable bonds is 7. The summed E-state index contributed by atoms with van der Waals surface area (Å²) in [5, 5.41) is 3.43. The predicted octanol–water partition coefficient (Wildman–Crippen LogP) is 2.66. The van der Waals surface area contributed by atoms with E-state index >= 15 is 0 Å². The van der Waals surface area contributed by atoms with Gasteiger partial charge in [-0.1, -0.05) is 6.08 Å². The number of piperidine rings is 1. The molecule has 0 aromatic heterocycles. The van der Waals surface area contributed by atoms with Crippen molar-refractivity contribution in [1.82, 2.24) is 10.2 Å². The third kappa shape index (κ3) is 5.13. The number of nitrogens with zero attached hydrogens (tertiary/aromatic N) is 1. The SMILES string of the molecule is C=CCN(CCCC1CCNCC1)C(C)C. The Labute approximate surface area is 101 Å². The van der Waals surface area contributed by atoms with Crippen LogP contribution in [-0.4, -0.2) is 37.1 Å². The van der Waals surface area contributed by atoms with Gasteiger partial charge in [-0.25, -0.2) is 0 Å². The van der Waals surface area contributed by atoms with E-state index in [0.717, 1.165) is 12.5 Å². The molecule has 1 aliphatic rings. The van der Waals surface area contributed by atoms with E-state index in [0.29, 0.717) is 6.04 Å². The van der Waals surface area contributed by atoms with Crippen LogP contribution in [0, 0.1) is 5.92 Å². The highest BCUT2D eigenvalue weighted by molar-refractivity contribution is 4.76. The molecular weight excluding hydrogens is 196 g/mol. The lowest BCUT2D eigenvalue weighted by atomic mass is 9.93. The lowest BCUT2D eigenvalue weighted by molar-refractivity contribution is 0.229. The lowest BCUT2D eigenvalue weighted by Crippen LogP contribution is -2.33. The minimum atomic E-state index is 0.644. The molecule has 1 N–H and O–H groups in total. The van der Waals surface area contributed by atoms with Crippen molar-refractivity contribution in [3.63, 3.8) is 0 Å². The van der Waals surface area contributed by atoms with Crippen molar-refractivity contribution in [3.05, 3.63) is 12.7 Å². The van der Waals surface area contributed by atoms with Crippen molar-refractivity contribution >= 4 is 0 Å². The van der Waals surface area contributed by atoms with Gasteiger partial charge in [0, 0.05) is 12.6 Å². The van der Waals surface area contributed by atoms with Crippen LogP contribution in [0.5, 0.6) is 0 Å². The Hall–Kier alpha value is -0.340. The highest BCUT2D eigenvalue weighted by atomic mass is 15.1. The van der Waals surface area contributed by atoms with Crippen LogP contribution in [0.3, 0.4) is 0 Å². The summed E-state index contributed by atoms with van der Waals surface area (Å²) >= 11 is 0.